The molecule has 0 saturated heterocycles. The standard InChI is InChI=1S/C23H18ClN5O2S/c24-17-8-12-19(13-9-17)29-22(16-4-2-1-3-5-16)27-28-23(29)32-14-20(30)26-18-10-6-15(7-11-18)21(25)31/h1-13H,14H2,(H2,25,31)(H,26,30). The van der Waals surface area contributed by atoms with Crippen LogP contribution in [0.2, 0.25) is 5.02 Å². The summed E-state index contributed by atoms with van der Waals surface area (Å²) in [4.78, 5) is 23.7. The summed E-state index contributed by atoms with van der Waals surface area (Å²) in [7, 11) is 0. The van der Waals surface area contributed by atoms with Crippen LogP contribution in [-0.4, -0.2) is 32.3 Å². The van der Waals surface area contributed by atoms with Gasteiger partial charge in [0.15, 0.2) is 11.0 Å². The van der Waals surface area contributed by atoms with E-state index in [1.165, 1.54) is 11.8 Å². The van der Waals surface area contributed by atoms with Crippen LogP contribution in [-0.2, 0) is 4.79 Å². The fourth-order valence-corrected chi connectivity index (χ4v) is 3.88. The lowest BCUT2D eigenvalue weighted by Crippen LogP contribution is -2.15. The van der Waals surface area contributed by atoms with E-state index in [4.69, 9.17) is 17.3 Å². The van der Waals surface area contributed by atoms with E-state index in [0.717, 1.165) is 11.3 Å². The maximum atomic E-state index is 12.5. The topological polar surface area (TPSA) is 103 Å². The van der Waals surface area contributed by atoms with Gasteiger partial charge in [0.2, 0.25) is 11.8 Å². The van der Waals surface area contributed by atoms with Crippen molar-refractivity contribution in [1.29, 1.82) is 0 Å². The first-order chi connectivity index (χ1) is 15.5. The zero-order valence-electron chi connectivity index (χ0n) is 16.7. The van der Waals surface area contributed by atoms with Crippen molar-refractivity contribution < 1.29 is 9.59 Å². The second-order valence-corrected chi connectivity index (χ2v) is 8.14. The molecular weight excluding hydrogens is 446 g/mol. The molecule has 3 N–H and O–H groups in total. The van der Waals surface area contributed by atoms with E-state index in [0.29, 0.717) is 27.3 Å². The van der Waals surface area contributed by atoms with Gasteiger partial charge in [-0.1, -0.05) is 53.7 Å². The number of nitrogens with two attached hydrogens (primary N) is 1. The van der Waals surface area contributed by atoms with Gasteiger partial charge in [-0.25, -0.2) is 0 Å². The predicted octanol–water partition coefficient (Wildman–Crippen LogP) is 4.42. The van der Waals surface area contributed by atoms with E-state index in [1.807, 2.05) is 47.0 Å². The molecule has 4 rings (SSSR count). The van der Waals surface area contributed by atoms with Gasteiger partial charge in [-0.15, -0.1) is 10.2 Å². The lowest BCUT2D eigenvalue weighted by atomic mass is 10.2. The number of halogens is 1. The highest BCUT2D eigenvalue weighted by molar-refractivity contribution is 7.99. The third kappa shape index (κ3) is 4.99. The molecule has 0 spiro atoms. The average molecular weight is 464 g/mol. The molecular formula is C23H18ClN5O2S. The van der Waals surface area contributed by atoms with Crippen molar-refractivity contribution in [2.75, 3.05) is 11.1 Å². The van der Waals surface area contributed by atoms with E-state index in [-0.39, 0.29) is 11.7 Å². The summed E-state index contributed by atoms with van der Waals surface area (Å²) in [5, 5.41) is 12.7. The summed E-state index contributed by atoms with van der Waals surface area (Å²) in [6, 6.07) is 23.4. The van der Waals surface area contributed by atoms with Crippen LogP contribution in [0.5, 0.6) is 0 Å². The first kappa shape index (κ1) is 21.6. The predicted molar refractivity (Wildman–Crippen MR) is 126 cm³/mol. The average Bonchev–Trinajstić information content (AvgIpc) is 3.23. The molecule has 1 aromatic heterocycles. The van der Waals surface area contributed by atoms with Gasteiger partial charge in [0.1, 0.15) is 0 Å². The quantitative estimate of drug-likeness (QED) is 0.395. The van der Waals surface area contributed by atoms with Crippen LogP contribution in [0.4, 0.5) is 5.69 Å². The maximum Gasteiger partial charge on any atom is 0.248 e. The minimum absolute atomic E-state index is 0.123. The Labute approximate surface area is 193 Å². The van der Waals surface area contributed by atoms with Gasteiger partial charge in [-0.05, 0) is 48.5 Å². The Hall–Kier alpha value is -3.62. The van der Waals surface area contributed by atoms with Crippen molar-refractivity contribution in [3.8, 4) is 17.1 Å². The third-order valence-corrected chi connectivity index (χ3v) is 5.72. The summed E-state index contributed by atoms with van der Waals surface area (Å²) in [6.45, 7) is 0. The van der Waals surface area contributed by atoms with E-state index >= 15 is 0 Å². The number of anilines is 1. The number of benzene rings is 3. The number of nitrogens with zero attached hydrogens (tertiary/aromatic N) is 3. The van der Waals surface area contributed by atoms with E-state index in [2.05, 4.69) is 15.5 Å². The molecule has 9 heteroatoms. The zero-order chi connectivity index (χ0) is 22.5. The zero-order valence-corrected chi connectivity index (χ0v) is 18.3. The minimum Gasteiger partial charge on any atom is -0.366 e. The van der Waals surface area contributed by atoms with Crippen molar-refractivity contribution in [3.05, 3.63) is 89.4 Å². The van der Waals surface area contributed by atoms with Gasteiger partial charge in [-0.2, -0.15) is 0 Å². The number of thioether (sulfide) groups is 1. The van der Waals surface area contributed by atoms with Gasteiger partial charge < -0.3 is 11.1 Å². The molecule has 0 atom stereocenters. The number of rotatable bonds is 7. The number of amides is 2. The monoisotopic (exact) mass is 463 g/mol. The molecule has 0 fully saturated rings. The lowest BCUT2D eigenvalue weighted by molar-refractivity contribution is -0.113. The fraction of sp³-hybridized carbons (Fsp3) is 0.0435. The normalized spacial score (nSPS) is 10.7. The van der Waals surface area contributed by atoms with Gasteiger partial charge in [0, 0.05) is 27.5 Å². The van der Waals surface area contributed by atoms with Gasteiger partial charge in [0.05, 0.1) is 5.75 Å². The number of nitrogens with one attached hydrogen (secondary N) is 1. The number of aromatic nitrogens is 3. The van der Waals surface area contributed by atoms with Crippen LogP contribution in [0.1, 0.15) is 10.4 Å². The van der Waals surface area contributed by atoms with Crippen molar-refractivity contribution in [1.82, 2.24) is 14.8 Å². The van der Waals surface area contributed by atoms with Crippen molar-refractivity contribution >= 4 is 40.9 Å². The summed E-state index contributed by atoms with van der Waals surface area (Å²) >= 11 is 7.32. The minimum atomic E-state index is -0.519. The molecule has 0 aliphatic heterocycles. The second-order valence-electron chi connectivity index (χ2n) is 6.76. The Morgan fingerprint density at radius 1 is 0.938 bits per heavy atom. The van der Waals surface area contributed by atoms with Crippen molar-refractivity contribution in [3.63, 3.8) is 0 Å². The van der Waals surface area contributed by atoms with Crippen LogP contribution >= 0.6 is 23.4 Å². The third-order valence-electron chi connectivity index (χ3n) is 4.54. The summed E-state index contributed by atoms with van der Waals surface area (Å²) < 4.78 is 1.89. The number of carbonyl (C=O) groups excluding carboxylic acids is 2. The van der Waals surface area contributed by atoms with E-state index in [9.17, 15) is 9.59 Å². The van der Waals surface area contributed by atoms with Gasteiger partial charge in [0.25, 0.3) is 0 Å². The molecule has 0 unspecified atom stereocenters. The molecule has 4 aromatic rings. The van der Waals surface area contributed by atoms with Gasteiger partial charge in [-0.3, -0.25) is 14.2 Å². The van der Waals surface area contributed by atoms with Crippen LogP contribution in [0.3, 0.4) is 0 Å². The highest BCUT2D eigenvalue weighted by Crippen LogP contribution is 2.28. The molecule has 0 aliphatic carbocycles. The maximum absolute atomic E-state index is 12.5. The number of hydrogen-bond donors (Lipinski definition) is 2. The lowest BCUT2D eigenvalue weighted by Gasteiger charge is -2.11. The summed E-state index contributed by atoms with van der Waals surface area (Å²) in [5.41, 5.74) is 7.93. The van der Waals surface area contributed by atoms with Crippen molar-refractivity contribution in [2.45, 2.75) is 5.16 Å². The van der Waals surface area contributed by atoms with E-state index < -0.39 is 5.91 Å². The SMILES string of the molecule is NC(=O)c1ccc(NC(=O)CSc2nnc(-c3ccccc3)n2-c2ccc(Cl)cc2)cc1. The highest BCUT2D eigenvalue weighted by atomic mass is 35.5. The fourth-order valence-electron chi connectivity index (χ4n) is 3.01. The molecule has 1 heterocycles. The largest absolute Gasteiger partial charge is 0.366 e. The Kier molecular flexibility index (Phi) is 6.53. The molecule has 3 aromatic carbocycles. The highest BCUT2D eigenvalue weighted by Gasteiger charge is 2.17. The van der Waals surface area contributed by atoms with Crippen LogP contribution < -0.4 is 11.1 Å². The van der Waals surface area contributed by atoms with Crippen LogP contribution in [0.25, 0.3) is 17.1 Å². The molecule has 0 saturated carbocycles. The van der Waals surface area contributed by atoms with Crippen LogP contribution in [0, 0.1) is 0 Å². The molecule has 160 valence electrons. The van der Waals surface area contributed by atoms with Crippen LogP contribution in [0.15, 0.2) is 84.0 Å². The van der Waals surface area contributed by atoms with E-state index in [1.54, 1.807) is 36.4 Å². The molecule has 0 radical (unpaired) electrons. The number of primary amides is 1. The van der Waals surface area contributed by atoms with Crippen molar-refractivity contribution in [2.24, 2.45) is 5.73 Å². The Morgan fingerprint density at radius 3 is 2.28 bits per heavy atom. The Morgan fingerprint density at radius 2 is 1.62 bits per heavy atom. The molecule has 32 heavy (non-hydrogen) atoms. The Bertz CT molecular complexity index is 1240. The molecule has 7 nitrogen and oxygen atoms in total. The number of hydrogen-bond acceptors (Lipinski definition) is 5. The smallest absolute Gasteiger partial charge is 0.248 e. The first-order valence-electron chi connectivity index (χ1n) is 9.60. The van der Waals surface area contributed by atoms with Gasteiger partial charge >= 0.3 is 0 Å². The summed E-state index contributed by atoms with van der Waals surface area (Å²) in [5.74, 6) is 0.0544. The molecule has 0 bridgehead atoms. The Balaban J connectivity index is 1.54. The molecule has 2 amide bonds. The number of carbonyl (C=O) groups is 2. The first-order valence-corrected chi connectivity index (χ1v) is 11.0. The summed E-state index contributed by atoms with van der Waals surface area (Å²) in [6.07, 6.45) is 0. The second kappa shape index (κ2) is 9.67. The molecule has 0 aliphatic rings.